The number of aromatic nitrogens is 1. The molecule has 0 amide bonds. The lowest BCUT2D eigenvalue weighted by atomic mass is 10.0. The molecule has 15 heavy (non-hydrogen) atoms. The summed E-state index contributed by atoms with van der Waals surface area (Å²) in [6, 6.07) is 1.88. The molecule has 3 nitrogen and oxygen atoms in total. The van der Waals surface area contributed by atoms with Gasteiger partial charge in [0, 0.05) is 24.5 Å². The Morgan fingerprint density at radius 1 is 1.47 bits per heavy atom. The highest BCUT2D eigenvalue weighted by Crippen LogP contribution is 2.20. The van der Waals surface area contributed by atoms with Crippen LogP contribution in [0.25, 0.3) is 0 Å². The third kappa shape index (κ3) is 3.36. The third-order valence-corrected chi connectivity index (χ3v) is 3.00. The van der Waals surface area contributed by atoms with E-state index in [9.17, 15) is 0 Å². The van der Waals surface area contributed by atoms with Crippen LogP contribution in [0.4, 0.5) is 5.69 Å². The van der Waals surface area contributed by atoms with Gasteiger partial charge < -0.3 is 10.2 Å². The van der Waals surface area contributed by atoms with E-state index >= 15 is 0 Å². The number of nitrogens with one attached hydrogen (secondary N) is 1. The molecular formula is C11H18ClN3. The lowest BCUT2D eigenvalue weighted by Crippen LogP contribution is -2.44. The molecule has 0 atom stereocenters. The normalized spacial score (nSPS) is 11.9. The van der Waals surface area contributed by atoms with Gasteiger partial charge in [0.15, 0.2) is 0 Å². The van der Waals surface area contributed by atoms with E-state index in [0.29, 0.717) is 5.02 Å². The average molecular weight is 228 g/mol. The van der Waals surface area contributed by atoms with Gasteiger partial charge in [0.05, 0.1) is 10.7 Å². The number of hydrogen-bond acceptors (Lipinski definition) is 3. The quantitative estimate of drug-likeness (QED) is 0.857. The fraction of sp³-hybridized carbons (Fsp3) is 0.545. The van der Waals surface area contributed by atoms with Gasteiger partial charge in [-0.15, -0.1) is 0 Å². The van der Waals surface area contributed by atoms with Crippen molar-refractivity contribution in [3.05, 3.63) is 23.5 Å². The molecular weight excluding hydrogens is 210 g/mol. The largest absolute Gasteiger partial charge is 0.382 e. The molecule has 0 aromatic carbocycles. The second-order valence-electron chi connectivity index (χ2n) is 4.42. The Morgan fingerprint density at radius 2 is 2.13 bits per heavy atom. The Balaban J connectivity index is 2.62. The summed E-state index contributed by atoms with van der Waals surface area (Å²) < 4.78 is 0. The molecule has 1 aromatic rings. The predicted octanol–water partition coefficient (Wildman–Crippen LogP) is 2.49. The van der Waals surface area contributed by atoms with Gasteiger partial charge in [-0.3, -0.25) is 4.98 Å². The highest BCUT2D eigenvalue weighted by Gasteiger charge is 2.20. The number of anilines is 1. The first-order chi connectivity index (χ1) is 6.93. The van der Waals surface area contributed by atoms with Crippen LogP contribution in [-0.2, 0) is 0 Å². The second kappa shape index (κ2) is 4.81. The van der Waals surface area contributed by atoms with Gasteiger partial charge in [0.1, 0.15) is 0 Å². The molecule has 0 radical (unpaired) electrons. The topological polar surface area (TPSA) is 28.2 Å². The molecule has 1 N–H and O–H groups in total. The van der Waals surface area contributed by atoms with E-state index in [2.05, 4.69) is 43.1 Å². The zero-order valence-electron chi connectivity index (χ0n) is 9.71. The summed E-state index contributed by atoms with van der Waals surface area (Å²) in [5.74, 6) is 0. The molecule has 4 heteroatoms. The second-order valence-corrected chi connectivity index (χ2v) is 4.82. The molecule has 0 saturated heterocycles. The summed E-state index contributed by atoms with van der Waals surface area (Å²) >= 11 is 5.99. The number of pyridine rings is 1. The molecule has 1 aromatic heterocycles. The standard InChI is InChI=1S/C11H18ClN3/c1-11(2,15(3)4)8-14-10-5-6-13-7-9(10)12/h5-7H,8H2,1-4H3,(H,13,14). The third-order valence-electron chi connectivity index (χ3n) is 2.69. The van der Waals surface area contributed by atoms with Crippen LogP contribution in [0, 0.1) is 0 Å². The van der Waals surface area contributed by atoms with Crippen LogP contribution in [0.1, 0.15) is 13.8 Å². The van der Waals surface area contributed by atoms with Gasteiger partial charge in [-0.1, -0.05) is 11.6 Å². The molecule has 1 heterocycles. The summed E-state index contributed by atoms with van der Waals surface area (Å²) in [5, 5.41) is 3.98. The van der Waals surface area contributed by atoms with Crippen LogP contribution in [0.15, 0.2) is 18.5 Å². The summed E-state index contributed by atoms with van der Waals surface area (Å²) in [4.78, 5) is 6.12. The van der Waals surface area contributed by atoms with Crippen molar-refractivity contribution < 1.29 is 0 Å². The SMILES string of the molecule is CN(C)C(C)(C)CNc1ccncc1Cl. The summed E-state index contributed by atoms with van der Waals surface area (Å²) in [5.41, 5.74) is 1.02. The zero-order valence-corrected chi connectivity index (χ0v) is 10.5. The van der Waals surface area contributed by atoms with Crippen LogP contribution in [0.5, 0.6) is 0 Å². The Kier molecular flexibility index (Phi) is 3.94. The van der Waals surface area contributed by atoms with Crippen molar-refractivity contribution in [1.82, 2.24) is 9.88 Å². The first-order valence-corrected chi connectivity index (χ1v) is 5.32. The monoisotopic (exact) mass is 227 g/mol. The maximum absolute atomic E-state index is 5.99. The van der Waals surface area contributed by atoms with E-state index in [1.807, 2.05) is 6.07 Å². The van der Waals surface area contributed by atoms with E-state index in [0.717, 1.165) is 12.2 Å². The van der Waals surface area contributed by atoms with E-state index in [1.165, 1.54) is 0 Å². The van der Waals surface area contributed by atoms with Gasteiger partial charge in [-0.2, -0.15) is 0 Å². The van der Waals surface area contributed by atoms with Crippen LogP contribution < -0.4 is 5.32 Å². The van der Waals surface area contributed by atoms with Gasteiger partial charge >= 0.3 is 0 Å². The van der Waals surface area contributed by atoms with E-state index in [-0.39, 0.29) is 5.54 Å². The van der Waals surface area contributed by atoms with Gasteiger partial charge in [0.25, 0.3) is 0 Å². The minimum absolute atomic E-state index is 0.0899. The molecule has 0 spiro atoms. The number of halogens is 1. The highest BCUT2D eigenvalue weighted by molar-refractivity contribution is 6.33. The smallest absolute Gasteiger partial charge is 0.0820 e. The Morgan fingerprint density at radius 3 is 2.67 bits per heavy atom. The van der Waals surface area contributed by atoms with Crippen molar-refractivity contribution in [2.24, 2.45) is 0 Å². The van der Waals surface area contributed by atoms with Crippen molar-refractivity contribution >= 4 is 17.3 Å². The first-order valence-electron chi connectivity index (χ1n) is 4.94. The van der Waals surface area contributed by atoms with Crippen molar-refractivity contribution in [1.29, 1.82) is 0 Å². The fourth-order valence-electron chi connectivity index (χ4n) is 0.988. The van der Waals surface area contributed by atoms with E-state index in [4.69, 9.17) is 11.6 Å². The van der Waals surface area contributed by atoms with Gasteiger partial charge in [0.2, 0.25) is 0 Å². The van der Waals surface area contributed by atoms with Gasteiger partial charge in [-0.25, -0.2) is 0 Å². The zero-order chi connectivity index (χ0) is 11.5. The molecule has 0 fully saturated rings. The molecule has 0 aliphatic heterocycles. The van der Waals surface area contributed by atoms with Crippen LogP contribution >= 0.6 is 11.6 Å². The Hall–Kier alpha value is -0.800. The number of hydrogen-bond donors (Lipinski definition) is 1. The molecule has 1 rings (SSSR count). The number of nitrogens with zero attached hydrogens (tertiary/aromatic N) is 2. The predicted molar refractivity (Wildman–Crippen MR) is 65.5 cm³/mol. The lowest BCUT2D eigenvalue weighted by Gasteiger charge is -2.33. The molecule has 0 unspecified atom stereocenters. The lowest BCUT2D eigenvalue weighted by molar-refractivity contribution is 0.210. The highest BCUT2D eigenvalue weighted by atomic mass is 35.5. The number of rotatable bonds is 4. The van der Waals surface area contributed by atoms with E-state index < -0.39 is 0 Å². The maximum Gasteiger partial charge on any atom is 0.0820 e. The van der Waals surface area contributed by atoms with Crippen molar-refractivity contribution in [2.75, 3.05) is 26.0 Å². The van der Waals surface area contributed by atoms with Crippen molar-refractivity contribution in [2.45, 2.75) is 19.4 Å². The summed E-state index contributed by atoms with van der Waals surface area (Å²) in [7, 11) is 4.13. The molecule has 0 aliphatic carbocycles. The van der Waals surface area contributed by atoms with Crippen LogP contribution in [0.2, 0.25) is 5.02 Å². The molecule has 0 saturated carbocycles. The first kappa shape index (κ1) is 12.3. The fourth-order valence-corrected chi connectivity index (χ4v) is 1.17. The molecule has 84 valence electrons. The Bertz CT molecular complexity index is 323. The molecule has 0 aliphatic rings. The maximum atomic E-state index is 5.99. The summed E-state index contributed by atoms with van der Waals surface area (Å²) in [6.07, 6.45) is 3.38. The average Bonchev–Trinajstić information content (AvgIpc) is 2.16. The minimum Gasteiger partial charge on any atom is -0.382 e. The summed E-state index contributed by atoms with van der Waals surface area (Å²) in [6.45, 7) is 5.19. The molecule has 0 bridgehead atoms. The van der Waals surface area contributed by atoms with Crippen LogP contribution in [0.3, 0.4) is 0 Å². The van der Waals surface area contributed by atoms with Crippen molar-refractivity contribution in [3.8, 4) is 0 Å². The van der Waals surface area contributed by atoms with Gasteiger partial charge in [-0.05, 0) is 34.0 Å². The van der Waals surface area contributed by atoms with Crippen LogP contribution in [-0.4, -0.2) is 36.1 Å². The Labute approximate surface area is 96.5 Å². The number of likely N-dealkylation sites (N-methyl/N-ethyl adjacent to an activating group) is 1. The van der Waals surface area contributed by atoms with Crippen molar-refractivity contribution in [3.63, 3.8) is 0 Å². The minimum atomic E-state index is 0.0899. The van der Waals surface area contributed by atoms with E-state index in [1.54, 1.807) is 12.4 Å².